The maximum Gasteiger partial charge on any atom is 0.278 e. The molecular formula is C22H24ClN5O4S. The first-order chi connectivity index (χ1) is 15.6. The summed E-state index contributed by atoms with van der Waals surface area (Å²) < 4.78 is 33.0. The normalized spacial score (nSPS) is 19.4. The number of halogens is 1. The Balaban J connectivity index is 1.49. The number of sulfonamides is 1. The van der Waals surface area contributed by atoms with Crippen LogP contribution < -0.4 is 5.32 Å². The van der Waals surface area contributed by atoms with Gasteiger partial charge in [-0.2, -0.15) is 14.2 Å². The fourth-order valence-electron chi connectivity index (χ4n) is 3.68. The minimum absolute atomic E-state index is 0.156. The molecule has 4 rings (SSSR count). The summed E-state index contributed by atoms with van der Waals surface area (Å²) in [6, 6.07) is 13.0. The molecule has 2 atom stereocenters. The number of carbonyl (C=O) groups is 1. The first kappa shape index (κ1) is 23.4. The smallest absolute Gasteiger partial charge is 0.278 e. The number of ether oxygens (including phenoxy) is 1. The van der Waals surface area contributed by atoms with E-state index in [2.05, 4.69) is 15.5 Å². The third-order valence-electron chi connectivity index (χ3n) is 5.17. The first-order valence-electron chi connectivity index (χ1n) is 10.4. The number of carbonyl (C=O) groups excluding carboxylic acids is 1. The molecule has 2 aromatic carbocycles. The van der Waals surface area contributed by atoms with Crippen LogP contribution in [0.25, 0.3) is 5.69 Å². The molecule has 1 aliphatic rings. The Morgan fingerprint density at radius 3 is 2.39 bits per heavy atom. The Morgan fingerprint density at radius 2 is 1.76 bits per heavy atom. The van der Waals surface area contributed by atoms with Crippen molar-refractivity contribution in [2.75, 3.05) is 18.4 Å². The van der Waals surface area contributed by atoms with Crippen molar-refractivity contribution in [3.05, 3.63) is 64.9 Å². The number of hydrogen-bond acceptors (Lipinski definition) is 6. The standard InChI is InChI=1S/C22H24ClN5O4S/c1-14-12-27(13-15(2)32-14)33(30,31)20-9-7-18(8-10-20)24-22(29)21-16(3)25-28(26-21)19-6-4-5-17(23)11-19/h4-11,14-15H,12-13H2,1-3H3,(H,24,29)/t14-,15-/m1/s1. The Labute approximate surface area is 197 Å². The molecule has 174 valence electrons. The van der Waals surface area contributed by atoms with E-state index in [1.165, 1.54) is 21.2 Å². The second-order valence-corrected chi connectivity index (χ2v) is 10.3. The molecule has 0 saturated carbocycles. The van der Waals surface area contributed by atoms with Crippen LogP contribution in [0.5, 0.6) is 0 Å². The highest BCUT2D eigenvalue weighted by molar-refractivity contribution is 7.89. The van der Waals surface area contributed by atoms with E-state index in [1.54, 1.807) is 43.3 Å². The van der Waals surface area contributed by atoms with Gasteiger partial charge in [-0.25, -0.2) is 8.42 Å². The van der Waals surface area contributed by atoms with Crippen LogP contribution in [0.15, 0.2) is 53.4 Å². The van der Waals surface area contributed by atoms with Crippen molar-refractivity contribution in [1.29, 1.82) is 0 Å². The zero-order chi connectivity index (χ0) is 23.8. The Kier molecular flexibility index (Phi) is 6.53. The van der Waals surface area contributed by atoms with Gasteiger partial charge in [0.15, 0.2) is 5.69 Å². The van der Waals surface area contributed by atoms with Crippen LogP contribution in [0.3, 0.4) is 0 Å². The average Bonchev–Trinajstić information content (AvgIpc) is 3.15. The quantitative estimate of drug-likeness (QED) is 0.589. The van der Waals surface area contributed by atoms with Crippen molar-refractivity contribution in [3.63, 3.8) is 0 Å². The van der Waals surface area contributed by atoms with E-state index < -0.39 is 15.9 Å². The molecule has 2 heterocycles. The SMILES string of the molecule is Cc1nn(-c2cccc(Cl)c2)nc1C(=O)Nc1ccc(S(=O)(=O)N2C[C@@H](C)O[C@H](C)C2)cc1. The fourth-order valence-corrected chi connectivity index (χ4v) is 5.46. The Bertz CT molecular complexity index is 1270. The number of hydrogen-bond donors (Lipinski definition) is 1. The van der Waals surface area contributed by atoms with Gasteiger partial charge in [0.1, 0.15) is 0 Å². The number of anilines is 1. The molecule has 0 unspecified atom stereocenters. The predicted molar refractivity (Wildman–Crippen MR) is 124 cm³/mol. The van der Waals surface area contributed by atoms with Gasteiger partial charge in [-0.3, -0.25) is 4.79 Å². The maximum atomic E-state index is 13.0. The highest BCUT2D eigenvalue weighted by atomic mass is 35.5. The lowest BCUT2D eigenvalue weighted by Gasteiger charge is -2.34. The van der Waals surface area contributed by atoms with E-state index in [9.17, 15) is 13.2 Å². The minimum atomic E-state index is -3.66. The molecule has 3 aromatic rings. The number of aromatic nitrogens is 3. The summed E-state index contributed by atoms with van der Waals surface area (Å²) in [6.07, 6.45) is -0.351. The third-order valence-corrected chi connectivity index (χ3v) is 7.25. The maximum absolute atomic E-state index is 13.0. The van der Waals surface area contributed by atoms with Crippen LogP contribution in [0.2, 0.25) is 5.02 Å². The topological polar surface area (TPSA) is 106 Å². The zero-order valence-electron chi connectivity index (χ0n) is 18.4. The largest absolute Gasteiger partial charge is 0.373 e. The second-order valence-electron chi connectivity index (χ2n) is 7.96. The van der Waals surface area contributed by atoms with Crippen molar-refractivity contribution in [3.8, 4) is 5.69 Å². The van der Waals surface area contributed by atoms with E-state index >= 15 is 0 Å². The van der Waals surface area contributed by atoms with Crippen molar-refractivity contribution in [2.24, 2.45) is 0 Å². The molecule has 1 amide bonds. The van der Waals surface area contributed by atoms with Crippen LogP contribution in [0, 0.1) is 6.92 Å². The molecule has 11 heteroatoms. The lowest BCUT2D eigenvalue weighted by Crippen LogP contribution is -2.48. The van der Waals surface area contributed by atoms with E-state index in [4.69, 9.17) is 16.3 Å². The molecule has 0 bridgehead atoms. The van der Waals surface area contributed by atoms with Crippen LogP contribution in [0.4, 0.5) is 5.69 Å². The number of rotatable bonds is 5. The van der Waals surface area contributed by atoms with E-state index in [-0.39, 0.29) is 22.8 Å². The summed E-state index contributed by atoms with van der Waals surface area (Å²) in [5.41, 5.74) is 1.68. The van der Waals surface area contributed by atoms with Crippen LogP contribution in [-0.4, -0.2) is 58.9 Å². The van der Waals surface area contributed by atoms with Crippen LogP contribution in [0.1, 0.15) is 30.0 Å². The summed E-state index contributed by atoms with van der Waals surface area (Å²) in [7, 11) is -3.66. The van der Waals surface area contributed by atoms with E-state index in [0.717, 1.165) is 0 Å². The highest BCUT2D eigenvalue weighted by Gasteiger charge is 2.32. The first-order valence-corrected chi connectivity index (χ1v) is 12.2. The summed E-state index contributed by atoms with van der Waals surface area (Å²) in [4.78, 5) is 14.3. The van der Waals surface area contributed by atoms with Gasteiger partial charge in [0, 0.05) is 23.8 Å². The zero-order valence-corrected chi connectivity index (χ0v) is 20.0. The van der Waals surface area contributed by atoms with E-state index in [0.29, 0.717) is 35.2 Å². The van der Waals surface area contributed by atoms with Gasteiger partial charge in [-0.05, 0) is 63.2 Å². The lowest BCUT2D eigenvalue weighted by molar-refractivity contribution is -0.0440. The molecule has 1 saturated heterocycles. The van der Waals surface area contributed by atoms with Gasteiger partial charge in [-0.15, -0.1) is 5.10 Å². The monoisotopic (exact) mass is 489 g/mol. The number of aryl methyl sites for hydroxylation is 1. The van der Waals surface area contributed by atoms with Crippen molar-refractivity contribution in [1.82, 2.24) is 19.3 Å². The molecule has 1 N–H and O–H groups in total. The summed E-state index contributed by atoms with van der Waals surface area (Å²) >= 11 is 6.02. The molecule has 0 spiro atoms. The third kappa shape index (κ3) is 5.09. The number of amides is 1. The van der Waals surface area contributed by atoms with Crippen LogP contribution in [-0.2, 0) is 14.8 Å². The van der Waals surface area contributed by atoms with Gasteiger partial charge in [0.2, 0.25) is 10.0 Å². The van der Waals surface area contributed by atoms with Gasteiger partial charge in [0.25, 0.3) is 5.91 Å². The highest BCUT2D eigenvalue weighted by Crippen LogP contribution is 2.23. The predicted octanol–water partition coefficient (Wildman–Crippen LogP) is 3.28. The molecule has 1 aliphatic heterocycles. The Morgan fingerprint density at radius 1 is 1.09 bits per heavy atom. The average molecular weight is 490 g/mol. The van der Waals surface area contributed by atoms with Crippen molar-refractivity contribution < 1.29 is 17.9 Å². The number of nitrogens with one attached hydrogen (secondary N) is 1. The molecule has 1 aromatic heterocycles. The minimum Gasteiger partial charge on any atom is -0.373 e. The number of morpholine rings is 1. The van der Waals surface area contributed by atoms with Crippen molar-refractivity contribution >= 4 is 33.2 Å². The summed E-state index contributed by atoms with van der Waals surface area (Å²) in [5.74, 6) is -0.452. The lowest BCUT2D eigenvalue weighted by atomic mass is 10.3. The summed E-state index contributed by atoms with van der Waals surface area (Å²) in [5, 5.41) is 11.8. The molecule has 9 nitrogen and oxygen atoms in total. The fraction of sp³-hybridized carbons (Fsp3) is 0.318. The van der Waals surface area contributed by atoms with Gasteiger partial charge < -0.3 is 10.1 Å². The van der Waals surface area contributed by atoms with Crippen LogP contribution >= 0.6 is 11.6 Å². The molecular weight excluding hydrogens is 466 g/mol. The molecule has 1 fully saturated rings. The molecule has 33 heavy (non-hydrogen) atoms. The number of nitrogens with zero attached hydrogens (tertiary/aromatic N) is 4. The van der Waals surface area contributed by atoms with Gasteiger partial charge in [-0.1, -0.05) is 17.7 Å². The molecule has 0 aliphatic carbocycles. The van der Waals surface area contributed by atoms with Crippen molar-refractivity contribution in [2.45, 2.75) is 37.9 Å². The van der Waals surface area contributed by atoms with E-state index in [1.807, 2.05) is 13.8 Å². The number of benzene rings is 2. The van der Waals surface area contributed by atoms with Gasteiger partial charge >= 0.3 is 0 Å². The summed E-state index contributed by atoms with van der Waals surface area (Å²) in [6.45, 7) is 5.98. The van der Waals surface area contributed by atoms with Gasteiger partial charge in [0.05, 0.1) is 28.5 Å². The second kappa shape index (κ2) is 9.22. The molecule has 0 radical (unpaired) electrons. The Hall–Kier alpha value is -2.79.